The first-order valence-corrected chi connectivity index (χ1v) is 18.1. The Bertz CT molecular complexity index is 2130. The molecule has 0 bridgehead atoms. The van der Waals surface area contributed by atoms with Crippen molar-refractivity contribution in [2.24, 2.45) is 0 Å². The number of carboxylic acid groups (broad SMARTS) is 1. The molecule has 11 atom stereocenters. The molecule has 12 N–H and O–H groups in total. The molecule has 328 valence electrons. The Hall–Kier alpha value is -6.37. The van der Waals surface area contributed by atoms with Crippen LogP contribution in [0.3, 0.4) is 0 Å². The molecule has 0 spiro atoms. The molecule has 0 radical (unpaired) electrons. The van der Waals surface area contributed by atoms with Crippen LogP contribution >= 0.6 is 0 Å². The van der Waals surface area contributed by atoms with Crippen LogP contribution in [0.2, 0.25) is 0 Å². The van der Waals surface area contributed by atoms with E-state index in [1.54, 1.807) is 0 Å². The van der Waals surface area contributed by atoms with Crippen LogP contribution < -0.4 is 9.47 Å². The molecular weight excluding hydrogens is 820 g/mol. The summed E-state index contributed by atoms with van der Waals surface area (Å²) in [5.74, 6) is -7.60. The van der Waals surface area contributed by atoms with Crippen molar-refractivity contribution in [2.75, 3.05) is 13.2 Å². The van der Waals surface area contributed by atoms with E-state index < -0.39 is 128 Å². The number of hydrogen-bond acceptors (Lipinski definition) is 21. The highest BCUT2D eigenvalue weighted by atomic mass is 16.7. The van der Waals surface area contributed by atoms with Crippen LogP contribution in [0.15, 0.2) is 60.4 Å². The van der Waals surface area contributed by atoms with Gasteiger partial charge in [-0.3, -0.25) is 9.59 Å². The molecule has 2 fully saturated rings. The van der Waals surface area contributed by atoms with E-state index in [0.29, 0.717) is 5.56 Å². The first-order chi connectivity index (χ1) is 28.9. The number of phenolic OH excluding ortho intramolecular Hbond substituents is 5. The number of phenols is 5. The first-order valence-electron chi connectivity index (χ1n) is 18.1. The van der Waals surface area contributed by atoms with E-state index in [9.17, 15) is 70.6 Å². The molecule has 22 nitrogen and oxygen atoms in total. The Balaban J connectivity index is 1.28. The molecule has 0 saturated carbocycles. The molecule has 2 saturated heterocycles. The first kappa shape index (κ1) is 44.2. The number of aliphatic hydroxyl groups is 6. The summed E-state index contributed by atoms with van der Waals surface area (Å²) in [5.41, 5.74) is 0.304. The Labute approximate surface area is 343 Å². The Morgan fingerprint density at radius 1 is 0.672 bits per heavy atom. The molecule has 0 aromatic heterocycles. The highest BCUT2D eigenvalue weighted by Crippen LogP contribution is 2.48. The van der Waals surface area contributed by atoms with Gasteiger partial charge in [0.15, 0.2) is 23.4 Å². The topological polar surface area (TPSA) is 359 Å². The van der Waals surface area contributed by atoms with Crippen LogP contribution in [-0.4, -0.2) is 154 Å². The van der Waals surface area contributed by atoms with E-state index in [4.69, 9.17) is 38.3 Å². The zero-order valence-electron chi connectivity index (χ0n) is 31.3. The van der Waals surface area contributed by atoms with Crippen LogP contribution in [-0.2, 0) is 38.1 Å². The zero-order valence-corrected chi connectivity index (χ0v) is 31.3. The Morgan fingerprint density at radius 2 is 1.25 bits per heavy atom. The average molecular weight is 861 g/mol. The smallest absolute Gasteiger partial charge is 0.330 e. The molecule has 0 amide bonds. The highest BCUT2D eigenvalue weighted by molar-refractivity contribution is 5.90. The fourth-order valence-electron chi connectivity index (χ4n) is 6.31. The molecule has 0 aliphatic carbocycles. The summed E-state index contributed by atoms with van der Waals surface area (Å²) < 4.78 is 39.2. The number of carbonyl (C=O) groups is 3. The number of carboxylic acids is 1. The molecule has 1 unspecified atom stereocenters. The molecule has 6 rings (SSSR count). The summed E-state index contributed by atoms with van der Waals surface area (Å²) in [6.07, 6.45) is -17.5. The molecule has 3 aliphatic rings. The van der Waals surface area contributed by atoms with E-state index in [1.807, 2.05) is 0 Å². The zero-order chi connectivity index (χ0) is 44.3. The minimum Gasteiger partial charge on any atom is -0.508 e. The normalized spacial score (nSPS) is 28.5. The van der Waals surface area contributed by atoms with Gasteiger partial charge in [0.2, 0.25) is 12.6 Å². The monoisotopic (exact) mass is 860 g/mol. The van der Waals surface area contributed by atoms with Gasteiger partial charge in [0, 0.05) is 23.8 Å². The number of carbonyl (C=O) groups excluding carboxylic acids is 2. The number of hydrogen-bond donors (Lipinski definition) is 12. The lowest BCUT2D eigenvalue weighted by molar-refractivity contribution is -0.294. The van der Waals surface area contributed by atoms with Gasteiger partial charge >= 0.3 is 17.9 Å². The van der Waals surface area contributed by atoms with Crippen molar-refractivity contribution in [3.8, 4) is 40.2 Å². The van der Waals surface area contributed by atoms with Crippen molar-refractivity contribution in [3.63, 3.8) is 0 Å². The van der Waals surface area contributed by atoms with Crippen LogP contribution in [0.4, 0.5) is 0 Å². The standard InChI is InChI=1S/C39H40O22/c40-17-4-1-15(2-5-17)3-6-28(46)55-13-25-31(49)34(52)36(54)39(61-25)59-24-11-19-22(57-37(24)16-7-20(42)30(48)21(43)8-16)9-18(41)10-23(19)58-38-35(53)33(51)32(50)26(60-38)14-56-29(47)12-27(44)45/h1-11,25-26,31-43,48-54H,12-14H2,(H,44,45)/b6-3+/t25-,26-,31-,32-,33+,34+,35-,36-,37?,38-,39-/m1/s1. The largest absolute Gasteiger partial charge is 0.508 e. The second-order valence-electron chi connectivity index (χ2n) is 13.9. The van der Waals surface area contributed by atoms with E-state index in [1.165, 1.54) is 36.4 Å². The summed E-state index contributed by atoms with van der Waals surface area (Å²) in [7, 11) is 0. The van der Waals surface area contributed by atoms with Gasteiger partial charge in [-0.2, -0.15) is 0 Å². The van der Waals surface area contributed by atoms with Gasteiger partial charge in [0.1, 0.15) is 97.2 Å². The molecule has 3 aromatic rings. The average Bonchev–Trinajstić information content (AvgIpc) is 3.21. The molecule has 3 aromatic carbocycles. The predicted molar refractivity (Wildman–Crippen MR) is 197 cm³/mol. The maximum atomic E-state index is 12.5. The summed E-state index contributed by atoms with van der Waals surface area (Å²) >= 11 is 0. The number of fused-ring (bicyclic) bond motifs is 1. The number of aliphatic carboxylic acids is 1. The fourth-order valence-corrected chi connectivity index (χ4v) is 6.31. The maximum absolute atomic E-state index is 12.5. The van der Waals surface area contributed by atoms with Gasteiger partial charge in [-0.25, -0.2) is 4.79 Å². The number of benzene rings is 3. The summed E-state index contributed by atoms with van der Waals surface area (Å²) in [4.78, 5) is 35.2. The second-order valence-corrected chi connectivity index (χ2v) is 13.9. The number of aliphatic hydroxyl groups excluding tert-OH is 6. The highest BCUT2D eigenvalue weighted by Gasteiger charge is 2.48. The molecule has 61 heavy (non-hydrogen) atoms. The summed E-state index contributed by atoms with van der Waals surface area (Å²) in [6, 6.07) is 9.84. The van der Waals surface area contributed by atoms with Gasteiger partial charge in [-0.05, 0) is 42.0 Å². The number of ether oxygens (including phenoxy) is 7. The van der Waals surface area contributed by atoms with Crippen molar-refractivity contribution < 1.29 is 109 Å². The van der Waals surface area contributed by atoms with Gasteiger partial charge < -0.3 is 94.4 Å². The minimum atomic E-state index is -2.00. The third-order valence-corrected chi connectivity index (χ3v) is 9.50. The van der Waals surface area contributed by atoms with Crippen LogP contribution in [0.5, 0.6) is 40.2 Å². The van der Waals surface area contributed by atoms with Gasteiger partial charge in [0.05, 0.1) is 5.56 Å². The van der Waals surface area contributed by atoms with Gasteiger partial charge in [-0.1, -0.05) is 12.1 Å². The van der Waals surface area contributed by atoms with Crippen molar-refractivity contribution >= 4 is 30.1 Å². The molecular formula is C39H40O22. The summed E-state index contributed by atoms with van der Waals surface area (Å²) in [5, 5.41) is 124. The number of rotatable bonds is 13. The van der Waals surface area contributed by atoms with Crippen LogP contribution in [0.25, 0.3) is 12.2 Å². The molecule has 3 aliphatic heterocycles. The SMILES string of the molecule is O=C(O)CC(=O)OC[C@H]1O[C@@H](Oc2cc(O)cc3c2C=C(O[C@@H]2O[C@H](COC(=O)/C=C/c4ccc(O)cc4)[C@@H](O)[C@H](O)[C@H]2O)C(c2cc(O)c(O)c(O)c2)O3)[C@H](O)[C@@H](O)[C@@H]1O. The number of aromatic hydroxyl groups is 5. The minimum absolute atomic E-state index is 0.00382. The number of esters is 2. The van der Waals surface area contributed by atoms with Gasteiger partial charge in [0.25, 0.3) is 0 Å². The van der Waals surface area contributed by atoms with E-state index in [-0.39, 0.29) is 34.1 Å². The van der Waals surface area contributed by atoms with Crippen molar-refractivity contribution in [2.45, 2.75) is 73.9 Å². The Kier molecular flexibility index (Phi) is 13.4. The van der Waals surface area contributed by atoms with E-state index in [2.05, 4.69) is 0 Å². The van der Waals surface area contributed by atoms with Crippen molar-refractivity contribution in [1.82, 2.24) is 0 Å². The fraction of sp³-hybridized carbons (Fsp3) is 0.359. The lowest BCUT2D eigenvalue weighted by Gasteiger charge is -2.41. The third-order valence-electron chi connectivity index (χ3n) is 9.50. The molecule has 3 heterocycles. The quantitative estimate of drug-likeness (QED) is 0.0423. The Morgan fingerprint density at radius 3 is 1.84 bits per heavy atom. The van der Waals surface area contributed by atoms with Crippen LogP contribution in [0.1, 0.15) is 29.2 Å². The predicted octanol–water partition coefficient (Wildman–Crippen LogP) is -1.03. The lowest BCUT2D eigenvalue weighted by atomic mass is 9.98. The van der Waals surface area contributed by atoms with E-state index in [0.717, 1.165) is 30.3 Å². The third kappa shape index (κ3) is 10.2. The lowest BCUT2D eigenvalue weighted by Crippen LogP contribution is -2.60. The van der Waals surface area contributed by atoms with Crippen molar-refractivity contribution in [1.29, 1.82) is 0 Å². The van der Waals surface area contributed by atoms with Crippen molar-refractivity contribution in [3.05, 3.63) is 77.1 Å². The van der Waals surface area contributed by atoms with Crippen LogP contribution in [0, 0.1) is 0 Å². The van der Waals surface area contributed by atoms with Gasteiger partial charge in [-0.15, -0.1) is 0 Å². The molecule has 22 heteroatoms. The second kappa shape index (κ2) is 18.5. The summed E-state index contributed by atoms with van der Waals surface area (Å²) in [6.45, 7) is -1.46. The van der Waals surface area contributed by atoms with E-state index >= 15 is 0 Å². The maximum Gasteiger partial charge on any atom is 0.330 e.